The van der Waals surface area contributed by atoms with Gasteiger partial charge in [-0.1, -0.05) is 0 Å². The van der Waals surface area contributed by atoms with E-state index in [1.807, 2.05) is 0 Å². The normalized spacial score (nSPS) is 18.0. The van der Waals surface area contributed by atoms with Gasteiger partial charge < -0.3 is 15.3 Å². The third kappa shape index (κ3) is 4.29. The molecule has 1 fully saturated rings. The van der Waals surface area contributed by atoms with Gasteiger partial charge in [0.2, 0.25) is 5.95 Å². The number of anilines is 3. The van der Waals surface area contributed by atoms with Gasteiger partial charge in [0, 0.05) is 12.7 Å². The molecule has 26 heavy (non-hydrogen) atoms. The molecule has 1 aliphatic rings. The zero-order valence-electron chi connectivity index (χ0n) is 13.8. The number of piperidine rings is 1. The number of halogens is 1. The minimum atomic E-state index is -3.84. The number of hydrogen-bond acceptors (Lipinski definition) is 8. The Morgan fingerprint density at radius 1 is 1.31 bits per heavy atom. The number of sulfonamides is 1. The fraction of sp³-hybridized carbons (Fsp3) is 0.400. The molecule has 11 heteroatoms. The second-order valence-electron chi connectivity index (χ2n) is 5.95. The summed E-state index contributed by atoms with van der Waals surface area (Å²) in [5.74, 6) is 1.05. The predicted octanol–water partition coefficient (Wildman–Crippen LogP) is 1.38. The quantitative estimate of drug-likeness (QED) is 0.631. The Morgan fingerprint density at radius 2 is 2.12 bits per heavy atom. The molecule has 0 spiro atoms. The summed E-state index contributed by atoms with van der Waals surface area (Å²) in [4.78, 5) is 14.6. The minimum absolute atomic E-state index is 0.0264. The van der Waals surface area contributed by atoms with Crippen LogP contribution in [0.4, 0.5) is 17.5 Å². The molecule has 2 aromatic rings. The van der Waals surface area contributed by atoms with Gasteiger partial charge in [-0.3, -0.25) is 0 Å². The number of primary sulfonamides is 1. The summed E-state index contributed by atoms with van der Waals surface area (Å²) < 4.78 is 23.3. The van der Waals surface area contributed by atoms with Gasteiger partial charge >= 0.3 is 0 Å². The molecule has 4 N–H and O–H groups in total. The van der Waals surface area contributed by atoms with E-state index in [2.05, 4.69) is 41.1 Å². The molecule has 0 bridgehead atoms. The van der Waals surface area contributed by atoms with Crippen molar-refractivity contribution < 1.29 is 13.5 Å². The van der Waals surface area contributed by atoms with Crippen LogP contribution in [0.15, 0.2) is 34.0 Å². The average Bonchev–Trinajstić information content (AvgIpc) is 2.63. The molecule has 2 aromatic heterocycles. The molecule has 3 rings (SSSR count). The van der Waals surface area contributed by atoms with E-state index in [0.717, 1.165) is 30.3 Å². The Kier molecular flexibility index (Phi) is 5.70. The molecule has 1 saturated heterocycles. The number of pyridine rings is 1. The lowest BCUT2D eigenvalue weighted by Crippen LogP contribution is -2.42. The van der Waals surface area contributed by atoms with E-state index in [4.69, 9.17) is 5.14 Å². The number of nitrogens with two attached hydrogens (primary N) is 1. The predicted molar refractivity (Wildman–Crippen MR) is 101 cm³/mol. The summed E-state index contributed by atoms with van der Waals surface area (Å²) in [5, 5.41) is 17.4. The van der Waals surface area contributed by atoms with Crippen molar-refractivity contribution in [2.75, 3.05) is 23.4 Å². The Morgan fingerprint density at radius 3 is 2.77 bits per heavy atom. The van der Waals surface area contributed by atoms with Crippen LogP contribution in [-0.2, 0) is 10.0 Å². The van der Waals surface area contributed by atoms with Crippen LogP contribution in [-0.4, -0.2) is 47.7 Å². The van der Waals surface area contributed by atoms with Gasteiger partial charge in [0.1, 0.15) is 5.82 Å². The van der Waals surface area contributed by atoms with Gasteiger partial charge in [0.25, 0.3) is 10.0 Å². The van der Waals surface area contributed by atoms with E-state index in [1.165, 1.54) is 18.3 Å². The highest BCUT2D eigenvalue weighted by molar-refractivity contribution is 9.10. The van der Waals surface area contributed by atoms with Crippen LogP contribution >= 0.6 is 15.9 Å². The number of hydrogen-bond donors (Lipinski definition) is 3. The molecule has 0 saturated carbocycles. The van der Waals surface area contributed by atoms with Crippen molar-refractivity contribution in [1.82, 2.24) is 15.0 Å². The molecule has 9 nitrogen and oxygen atoms in total. The standard InChI is InChI=1S/C15H19BrN6O3S/c16-12-8-19-15(20-10-4-5-13(18-7-10)26(17,24)25)21-14(12)22-6-2-1-3-11(22)9-23/h4-5,7-8,11,23H,1-3,6,9H2,(H2,17,24,25)(H,19,20,21). The smallest absolute Gasteiger partial charge is 0.255 e. The summed E-state index contributed by atoms with van der Waals surface area (Å²) in [5.41, 5.74) is 0.531. The van der Waals surface area contributed by atoms with E-state index < -0.39 is 10.0 Å². The summed E-state index contributed by atoms with van der Waals surface area (Å²) in [6.45, 7) is 0.878. The van der Waals surface area contributed by atoms with Crippen molar-refractivity contribution in [3.05, 3.63) is 29.0 Å². The molecule has 140 valence electrons. The molecule has 1 aliphatic heterocycles. The maximum Gasteiger partial charge on any atom is 0.255 e. The lowest BCUT2D eigenvalue weighted by molar-refractivity contribution is 0.239. The minimum Gasteiger partial charge on any atom is -0.394 e. The topological polar surface area (TPSA) is 134 Å². The zero-order chi connectivity index (χ0) is 18.7. The average molecular weight is 443 g/mol. The second kappa shape index (κ2) is 7.82. The van der Waals surface area contributed by atoms with Crippen molar-refractivity contribution in [3.63, 3.8) is 0 Å². The lowest BCUT2D eigenvalue weighted by atomic mass is 10.0. The van der Waals surface area contributed by atoms with Gasteiger partial charge in [-0.2, -0.15) is 4.98 Å². The monoisotopic (exact) mass is 442 g/mol. The van der Waals surface area contributed by atoms with E-state index >= 15 is 0 Å². The highest BCUT2D eigenvalue weighted by Crippen LogP contribution is 2.30. The first-order valence-electron chi connectivity index (χ1n) is 8.04. The Hall–Kier alpha value is -1.82. The van der Waals surface area contributed by atoms with Gasteiger partial charge in [-0.15, -0.1) is 0 Å². The lowest BCUT2D eigenvalue weighted by Gasteiger charge is -2.36. The molecule has 0 aliphatic carbocycles. The van der Waals surface area contributed by atoms with Crippen molar-refractivity contribution in [2.24, 2.45) is 5.14 Å². The van der Waals surface area contributed by atoms with Gasteiger partial charge in [-0.05, 0) is 47.3 Å². The van der Waals surface area contributed by atoms with Crippen LogP contribution in [0.25, 0.3) is 0 Å². The Labute approximate surface area is 159 Å². The number of aliphatic hydroxyl groups is 1. The van der Waals surface area contributed by atoms with Gasteiger partial charge in [0.05, 0.1) is 29.0 Å². The Bertz CT molecular complexity index is 877. The first kappa shape index (κ1) is 19.0. The highest BCUT2D eigenvalue weighted by Gasteiger charge is 2.25. The SMILES string of the molecule is NS(=O)(=O)c1ccc(Nc2ncc(Br)c(N3CCCCC3CO)n2)cn1. The zero-order valence-corrected chi connectivity index (χ0v) is 16.2. The molecule has 1 unspecified atom stereocenters. The molecule has 3 heterocycles. The molecule has 0 radical (unpaired) electrons. The van der Waals surface area contributed by atoms with Gasteiger partial charge in [-0.25, -0.2) is 23.5 Å². The van der Waals surface area contributed by atoms with Crippen molar-refractivity contribution in [2.45, 2.75) is 30.3 Å². The Balaban J connectivity index is 1.83. The fourth-order valence-corrected chi connectivity index (χ4v) is 3.72. The van der Waals surface area contributed by atoms with Crippen molar-refractivity contribution in [1.29, 1.82) is 0 Å². The van der Waals surface area contributed by atoms with Crippen LogP contribution in [0.1, 0.15) is 19.3 Å². The number of nitrogens with zero attached hydrogens (tertiary/aromatic N) is 4. The first-order chi connectivity index (χ1) is 12.4. The van der Waals surface area contributed by atoms with Crippen LogP contribution in [0, 0.1) is 0 Å². The van der Waals surface area contributed by atoms with Crippen LogP contribution < -0.4 is 15.4 Å². The summed E-state index contributed by atoms with van der Waals surface area (Å²) in [6.07, 6.45) is 6.02. The van der Waals surface area contributed by atoms with Crippen LogP contribution in [0.2, 0.25) is 0 Å². The van der Waals surface area contributed by atoms with E-state index in [0.29, 0.717) is 17.5 Å². The maximum absolute atomic E-state index is 11.3. The number of rotatable bonds is 5. The third-order valence-corrected chi connectivity index (χ3v) is 5.50. The maximum atomic E-state index is 11.3. The van der Waals surface area contributed by atoms with Gasteiger partial charge in [0.15, 0.2) is 5.03 Å². The largest absolute Gasteiger partial charge is 0.394 e. The van der Waals surface area contributed by atoms with Crippen LogP contribution in [0.5, 0.6) is 0 Å². The van der Waals surface area contributed by atoms with E-state index in [9.17, 15) is 13.5 Å². The van der Waals surface area contributed by atoms with Crippen molar-refractivity contribution in [3.8, 4) is 0 Å². The number of aromatic nitrogens is 3. The molecule has 1 atom stereocenters. The number of nitrogens with one attached hydrogen (secondary N) is 1. The van der Waals surface area contributed by atoms with E-state index in [1.54, 1.807) is 6.20 Å². The second-order valence-corrected chi connectivity index (χ2v) is 8.31. The molecular weight excluding hydrogens is 424 g/mol. The third-order valence-electron chi connectivity index (χ3n) is 4.12. The van der Waals surface area contributed by atoms with E-state index in [-0.39, 0.29) is 17.7 Å². The molecule has 0 aromatic carbocycles. The van der Waals surface area contributed by atoms with Crippen LogP contribution in [0.3, 0.4) is 0 Å². The first-order valence-corrected chi connectivity index (χ1v) is 10.4. The van der Waals surface area contributed by atoms with Crippen molar-refractivity contribution >= 4 is 43.4 Å². The molecular formula is C15H19BrN6O3S. The summed E-state index contributed by atoms with van der Waals surface area (Å²) >= 11 is 3.47. The highest BCUT2D eigenvalue weighted by atomic mass is 79.9. The number of aliphatic hydroxyl groups excluding tert-OH is 1. The summed E-state index contributed by atoms with van der Waals surface area (Å²) in [6, 6.07) is 2.87. The fourth-order valence-electron chi connectivity index (χ4n) is 2.84. The molecule has 0 amide bonds. The summed E-state index contributed by atoms with van der Waals surface area (Å²) in [7, 11) is -3.84.